The molecule has 9 heavy (non-hydrogen) atoms. The SMILES string of the molecule is [CH2]C(C)(C)SCCCC. The van der Waals surface area contributed by atoms with Crippen LogP contribution < -0.4 is 0 Å². The second kappa shape index (κ2) is 4.21. The molecule has 0 N–H and O–H groups in total. The number of rotatable bonds is 4. The lowest BCUT2D eigenvalue weighted by Crippen LogP contribution is -2.08. The molecule has 0 aliphatic carbocycles. The normalized spacial score (nSPS) is 12.0. The van der Waals surface area contributed by atoms with E-state index in [2.05, 4.69) is 27.7 Å². The van der Waals surface area contributed by atoms with E-state index in [9.17, 15) is 0 Å². The zero-order chi connectivity index (χ0) is 7.33. The quantitative estimate of drug-likeness (QED) is 0.548. The van der Waals surface area contributed by atoms with E-state index in [1.165, 1.54) is 18.6 Å². The molecule has 0 saturated heterocycles. The van der Waals surface area contributed by atoms with Crippen molar-refractivity contribution in [3.8, 4) is 0 Å². The van der Waals surface area contributed by atoms with Gasteiger partial charge in [-0.1, -0.05) is 27.2 Å². The molecule has 0 aromatic heterocycles. The molecule has 0 bridgehead atoms. The molecule has 1 heteroatoms. The minimum absolute atomic E-state index is 0.217. The van der Waals surface area contributed by atoms with Crippen LogP contribution in [0.2, 0.25) is 0 Å². The van der Waals surface area contributed by atoms with Gasteiger partial charge in [-0.3, -0.25) is 0 Å². The highest BCUT2D eigenvalue weighted by molar-refractivity contribution is 8.00. The Balaban J connectivity index is 3.07. The van der Waals surface area contributed by atoms with Crippen molar-refractivity contribution < 1.29 is 0 Å². The first kappa shape index (κ1) is 9.35. The van der Waals surface area contributed by atoms with Gasteiger partial charge in [0.2, 0.25) is 0 Å². The Morgan fingerprint density at radius 1 is 1.44 bits per heavy atom. The van der Waals surface area contributed by atoms with Crippen LogP contribution in [-0.4, -0.2) is 10.5 Å². The lowest BCUT2D eigenvalue weighted by molar-refractivity contribution is 0.862. The first-order valence-electron chi connectivity index (χ1n) is 3.55. The minimum Gasteiger partial charge on any atom is -0.156 e. The molecule has 0 heterocycles. The molecular weight excluding hydrogens is 128 g/mol. The van der Waals surface area contributed by atoms with Crippen molar-refractivity contribution in [2.75, 3.05) is 5.75 Å². The summed E-state index contributed by atoms with van der Waals surface area (Å²) in [6.07, 6.45) is 2.62. The lowest BCUT2D eigenvalue weighted by atomic mass is 10.3. The van der Waals surface area contributed by atoms with Crippen molar-refractivity contribution in [3.05, 3.63) is 6.92 Å². The molecule has 0 aliphatic rings. The standard InChI is InChI=1S/C8H17S/c1-5-6-7-9-8(2,3)4/h2,5-7H2,1,3-4H3. The summed E-state index contributed by atoms with van der Waals surface area (Å²) in [5.74, 6) is 1.26. The smallest absolute Gasteiger partial charge is 0.0104 e. The fraction of sp³-hybridized carbons (Fsp3) is 0.875. The fourth-order valence-electron chi connectivity index (χ4n) is 0.493. The second-order valence-electron chi connectivity index (χ2n) is 2.96. The van der Waals surface area contributed by atoms with Gasteiger partial charge in [-0.2, -0.15) is 11.8 Å². The first-order chi connectivity index (χ1) is 4.06. The summed E-state index contributed by atoms with van der Waals surface area (Å²) in [5.41, 5.74) is 0. The van der Waals surface area contributed by atoms with Gasteiger partial charge in [-0.15, -0.1) is 0 Å². The van der Waals surface area contributed by atoms with Crippen LogP contribution in [0, 0.1) is 6.92 Å². The van der Waals surface area contributed by atoms with Crippen LogP contribution in [0.3, 0.4) is 0 Å². The van der Waals surface area contributed by atoms with E-state index < -0.39 is 0 Å². The monoisotopic (exact) mass is 145 g/mol. The van der Waals surface area contributed by atoms with E-state index in [0.29, 0.717) is 0 Å². The molecule has 0 aromatic rings. The number of unbranched alkanes of at least 4 members (excludes halogenated alkanes) is 1. The maximum absolute atomic E-state index is 4.01. The van der Waals surface area contributed by atoms with Crippen LogP contribution >= 0.6 is 11.8 Å². The predicted octanol–water partition coefficient (Wildman–Crippen LogP) is 3.13. The average Bonchev–Trinajstić information content (AvgIpc) is 1.63. The first-order valence-corrected chi connectivity index (χ1v) is 4.54. The van der Waals surface area contributed by atoms with Crippen LogP contribution in [0.15, 0.2) is 0 Å². The van der Waals surface area contributed by atoms with Gasteiger partial charge in [-0.05, 0) is 19.1 Å². The summed E-state index contributed by atoms with van der Waals surface area (Å²) < 4.78 is 0.217. The summed E-state index contributed by atoms with van der Waals surface area (Å²) in [6.45, 7) is 10.5. The largest absolute Gasteiger partial charge is 0.156 e. The Morgan fingerprint density at radius 2 is 2.00 bits per heavy atom. The van der Waals surface area contributed by atoms with E-state index in [4.69, 9.17) is 0 Å². The predicted molar refractivity (Wildman–Crippen MR) is 46.8 cm³/mol. The van der Waals surface area contributed by atoms with Crippen LogP contribution in [0.5, 0.6) is 0 Å². The Kier molecular flexibility index (Phi) is 4.37. The third kappa shape index (κ3) is 8.35. The molecule has 55 valence electrons. The molecule has 0 aromatic carbocycles. The lowest BCUT2D eigenvalue weighted by Gasteiger charge is -2.16. The fourth-order valence-corrected chi connectivity index (χ4v) is 1.48. The van der Waals surface area contributed by atoms with E-state index in [-0.39, 0.29) is 4.75 Å². The average molecular weight is 145 g/mol. The van der Waals surface area contributed by atoms with Crippen LogP contribution in [0.1, 0.15) is 33.6 Å². The summed E-state index contributed by atoms with van der Waals surface area (Å²) in [5, 5.41) is 0. The van der Waals surface area contributed by atoms with Crippen molar-refractivity contribution in [1.29, 1.82) is 0 Å². The third-order valence-corrected chi connectivity index (χ3v) is 2.26. The van der Waals surface area contributed by atoms with Gasteiger partial charge in [0.05, 0.1) is 0 Å². The van der Waals surface area contributed by atoms with Crippen molar-refractivity contribution in [2.24, 2.45) is 0 Å². The zero-order valence-electron chi connectivity index (χ0n) is 6.74. The van der Waals surface area contributed by atoms with E-state index >= 15 is 0 Å². The maximum atomic E-state index is 4.01. The van der Waals surface area contributed by atoms with Gasteiger partial charge in [-0.25, -0.2) is 0 Å². The Labute approximate surface area is 63.4 Å². The Bertz CT molecular complexity index is 61.5. The zero-order valence-corrected chi connectivity index (χ0v) is 7.55. The maximum Gasteiger partial charge on any atom is 0.0104 e. The van der Waals surface area contributed by atoms with Gasteiger partial charge in [0, 0.05) is 4.75 Å². The van der Waals surface area contributed by atoms with Crippen molar-refractivity contribution in [3.63, 3.8) is 0 Å². The molecule has 0 rings (SSSR count). The summed E-state index contributed by atoms with van der Waals surface area (Å²) in [7, 11) is 0. The van der Waals surface area contributed by atoms with Crippen molar-refractivity contribution >= 4 is 11.8 Å². The van der Waals surface area contributed by atoms with Crippen LogP contribution in [0.4, 0.5) is 0 Å². The van der Waals surface area contributed by atoms with E-state index in [1.54, 1.807) is 0 Å². The van der Waals surface area contributed by atoms with Crippen molar-refractivity contribution in [1.82, 2.24) is 0 Å². The molecular formula is C8H17S. The molecule has 0 atom stereocenters. The molecule has 0 unspecified atom stereocenters. The minimum atomic E-state index is 0.217. The summed E-state index contributed by atoms with van der Waals surface area (Å²) >= 11 is 1.95. The summed E-state index contributed by atoms with van der Waals surface area (Å²) in [4.78, 5) is 0. The van der Waals surface area contributed by atoms with Gasteiger partial charge in [0.1, 0.15) is 0 Å². The highest BCUT2D eigenvalue weighted by Gasteiger charge is 2.08. The molecule has 0 spiro atoms. The number of thioether (sulfide) groups is 1. The van der Waals surface area contributed by atoms with E-state index in [1.807, 2.05) is 11.8 Å². The van der Waals surface area contributed by atoms with Gasteiger partial charge in [0.15, 0.2) is 0 Å². The molecule has 0 nitrogen and oxygen atoms in total. The number of hydrogen-bond donors (Lipinski definition) is 0. The van der Waals surface area contributed by atoms with E-state index in [0.717, 1.165) is 0 Å². The molecule has 0 amide bonds. The molecule has 1 radical (unpaired) electrons. The molecule has 0 saturated carbocycles. The van der Waals surface area contributed by atoms with Gasteiger partial charge >= 0.3 is 0 Å². The van der Waals surface area contributed by atoms with Crippen molar-refractivity contribution in [2.45, 2.75) is 38.4 Å². The molecule has 0 aliphatic heterocycles. The Morgan fingerprint density at radius 3 is 2.33 bits per heavy atom. The topological polar surface area (TPSA) is 0 Å². The summed E-state index contributed by atoms with van der Waals surface area (Å²) in [6, 6.07) is 0. The second-order valence-corrected chi connectivity index (χ2v) is 4.76. The highest BCUT2D eigenvalue weighted by Crippen LogP contribution is 2.23. The Hall–Kier alpha value is 0.350. The third-order valence-electron chi connectivity index (χ3n) is 0.991. The number of hydrogen-bond acceptors (Lipinski definition) is 1. The van der Waals surface area contributed by atoms with Crippen LogP contribution in [0.25, 0.3) is 0 Å². The highest BCUT2D eigenvalue weighted by atomic mass is 32.2. The van der Waals surface area contributed by atoms with Gasteiger partial charge < -0.3 is 0 Å². The molecule has 0 fully saturated rings. The van der Waals surface area contributed by atoms with Gasteiger partial charge in [0.25, 0.3) is 0 Å². The van der Waals surface area contributed by atoms with Crippen LogP contribution in [-0.2, 0) is 0 Å².